The number of aryl methyl sites for hydroxylation is 6. The Hall–Kier alpha value is -3.56. The fourth-order valence-corrected chi connectivity index (χ4v) is 4.56. The number of hydrogen-bond donors (Lipinski definition) is 2. The molecule has 0 radical (unpaired) electrons. The van der Waals surface area contributed by atoms with Crippen LogP contribution in [0, 0.1) is 39.3 Å². The summed E-state index contributed by atoms with van der Waals surface area (Å²) in [5, 5.41) is 22.7. The van der Waals surface area contributed by atoms with E-state index in [1.165, 1.54) is 103 Å². The number of phenolic OH excluding ortho intramolecular Hbond substituents is 2. The minimum atomic E-state index is -0.331. The van der Waals surface area contributed by atoms with E-state index in [9.17, 15) is 8.78 Å². The van der Waals surface area contributed by atoms with Crippen molar-refractivity contribution in [3.8, 4) is 11.5 Å². The molecule has 0 aliphatic rings. The number of fused-ring (bicyclic) bond motifs is 2. The van der Waals surface area contributed by atoms with E-state index in [1.807, 2.05) is 0 Å². The van der Waals surface area contributed by atoms with Gasteiger partial charge < -0.3 is 10.2 Å². The van der Waals surface area contributed by atoms with Gasteiger partial charge in [-0.3, -0.25) is 0 Å². The maximum Gasteiger partial charge on any atom is 2.00 e. The van der Waals surface area contributed by atoms with Gasteiger partial charge in [0.25, 0.3) is 0 Å². The molecule has 6 rings (SSSR count). The predicted molar refractivity (Wildman–Crippen MR) is 162 cm³/mol. The number of aromatic hydroxyl groups is 2. The van der Waals surface area contributed by atoms with Crippen molar-refractivity contribution in [2.75, 3.05) is 0 Å². The van der Waals surface area contributed by atoms with Crippen LogP contribution in [0.3, 0.4) is 0 Å². The van der Waals surface area contributed by atoms with E-state index >= 15 is 0 Å². The molecule has 0 spiro atoms. The van der Waals surface area contributed by atoms with Gasteiger partial charge >= 0.3 is 26.2 Å². The van der Waals surface area contributed by atoms with Crippen LogP contribution in [0.15, 0.2) is 97.1 Å². The van der Waals surface area contributed by atoms with Crippen molar-refractivity contribution in [2.24, 2.45) is 0 Å². The Labute approximate surface area is 259 Å². The van der Waals surface area contributed by atoms with E-state index in [0.717, 1.165) is 12.8 Å². The number of hydrogen-bond acceptors (Lipinski definition) is 2. The first-order chi connectivity index (χ1) is 19.1. The molecule has 208 valence electrons. The van der Waals surface area contributed by atoms with Crippen molar-refractivity contribution in [3.63, 3.8) is 0 Å². The minimum Gasteiger partial charge on any atom is -0.508 e. The molecule has 0 saturated carbocycles. The summed E-state index contributed by atoms with van der Waals surface area (Å²) in [7, 11) is 0. The summed E-state index contributed by atoms with van der Waals surface area (Å²) >= 11 is 0. The zero-order chi connectivity index (χ0) is 28.8. The Morgan fingerprint density at radius 3 is 1.15 bits per heavy atom. The van der Waals surface area contributed by atoms with Gasteiger partial charge in [0, 0.05) is 0 Å². The summed E-state index contributed by atoms with van der Waals surface area (Å²) in [4.78, 5) is 0. The van der Waals surface area contributed by atoms with Crippen LogP contribution in [0.25, 0.3) is 21.5 Å². The van der Waals surface area contributed by atoms with Gasteiger partial charge in [-0.25, -0.2) is 8.78 Å². The van der Waals surface area contributed by atoms with Gasteiger partial charge in [0.2, 0.25) is 0 Å². The van der Waals surface area contributed by atoms with Gasteiger partial charge in [0.1, 0.15) is 23.1 Å². The first-order valence-electron chi connectivity index (χ1n) is 13.3. The van der Waals surface area contributed by atoms with Crippen molar-refractivity contribution >= 4 is 21.5 Å². The van der Waals surface area contributed by atoms with E-state index in [0.29, 0.717) is 0 Å². The topological polar surface area (TPSA) is 40.5 Å². The maximum atomic E-state index is 12.0. The second kappa shape index (κ2) is 14.4. The molecule has 0 saturated heterocycles. The maximum absolute atomic E-state index is 12.0. The van der Waals surface area contributed by atoms with Gasteiger partial charge in [0.05, 0.1) is 0 Å². The standard InChI is InChI=1S/C24H24.2C6H5FO.Zr/c1-15-7-21-11-19(12-22(21)8-16(15)2)5-6-20-13-23-9-17(3)18(4)10-24(23)14-20;2*7-5-1-3-6(8)4-2-5;/h7-14H,5-6H2,1-4H3;2*1-4,8H;/q-2;;;+2. The molecular formula is C36H34F2O2Zr. The van der Waals surface area contributed by atoms with Gasteiger partial charge in [-0.2, -0.15) is 12.1 Å². The van der Waals surface area contributed by atoms with Gasteiger partial charge in [-0.1, -0.05) is 22.3 Å². The third-order valence-corrected chi connectivity index (χ3v) is 7.12. The molecule has 6 aromatic rings. The second-order valence-corrected chi connectivity index (χ2v) is 10.3. The van der Waals surface area contributed by atoms with Crippen molar-refractivity contribution in [1.82, 2.24) is 0 Å². The summed E-state index contributed by atoms with van der Waals surface area (Å²) in [5.74, 6) is -0.483. The van der Waals surface area contributed by atoms with Crippen LogP contribution < -0.4 is 0 Å². The smallest absolute Gasteiger partial charge is 0.508 e. The number of phenols is 2. The first-order valence-corrected chi connectivity index (χ1v) is 13.3. The van der Waals surface area contributed by atoms with E-state index < -0.39 is 0 Å². The summed E-state index contributed by atoms with van der Waals surface area (Å²) in [6, 6.07) is 28.7. The summed E-state index contributed by atoms with van der Waals surface area (Å²) < 4.78 is 24.0. The molecule has 0 amide bonds. The Balaban J connectivity index is 0.000000223. The average molecular weight is 628 g/mol. The van der Waals surface area contributed by atoms with Gasteiger partial charge in [-0.05, 0) is 89.1 Å². The average Bonchev–Trinajstić information content (AvgIpc) is 3.50. The molecule has 2 N–H and O–H groups in total. The van der Waals surface area contributed by atoms with Crippen LogP contribution in [-0.4, -0.2) is 10.2 Å². The number of rotatable bonds is 3. The van der Waals surface area contributed by atoms with Gasteiger partial charge in [-0.15, -0.1) is 69.1 Å². The Kier molecular flexibility index (Phi) is 11.2. The third-order valence-electron chi connectivity index (χ3n) is 7.12. The minimum absolute atomic E-state index is 0. The molecule has 41 heavy (non-hydrogen) atoms. The number of benzene rings is 4. The molecule has 0 aliphatic heterocycles. The van der Waals surface area contributed by atoms with E-state index in [-0.39, 0.29) is 49.3 Å². The van der Waals surface area contributed by atoms with Crippen LogP contribution >= 0.6 is 0 Å². The van der Waals surface area contributed by atoms with E-state index in [4.69, 9.17) is 10.2 Å². The molecule has 0 aliphatic carbocycles. The van der Waals surface area contributed by atoms with Gasteiger partial charge in [0.15, 0.2) is 0 Å². The van der Waals surface area contributed by atoms with Crippen molar-refractivity contribution in [3.05, 3.63) is 142 Å². The summed E-state index contributed by atoms with van der Waals surface area (Å²) in [6.45, 7) is 8.78. The van der Waals surface area contributed by atoms with Crippen LogP contribution in [0.2, 0.25) is 0 Å². The van der Waals surface area contributed by atoms with Crippen LogP contribution in [-0.2, 0) is 39.0 Å². The molecule has 5 heteroatoms. The Morgan fingerprint density at radius 2 is 0.829 bits per heavy atom. The fraction of sp³-hybridized carbons (Fsp3) is 0.167. The van der Waals surface area contributed by atoms with Crippen molar-refractivity contribution < 1.29 is 45.2 Å². The SMILES string of the molecule is Cc1cc2cc(CCc3cc4cc(C)c(C)cc4[cH-]3)[cH-]c2cc1C.Oc1ccc(F)cc1.Oc1ccc(F)cc1.[Zr+2]. The molecule has 2 nitrogen and oxygen atoms in total. The monoisotopic (exact) mass is 626 g/mol. The summed E-state index contributed by atoms with van der Waals surface area (Å²) in [6.07, 6.45) is 2.22. The van der Waals surface area contributed by atoms with Crippen LogP contribution in [0.4, 0.5) is 8.78 Å². The Bertz CT molecular complexity index is 1460. The summed E-state index contributed by atoms with van der Waals surface area (Å²) in [5.41, 5.74) is 8.43. The van der Waals surface area contributed by atoms with E-state index in [1.54, 1.807) is 0 Å². The molecule has 0 unspecified atom stereocenters. The largest absolute Gasteiger partial charge is 2.00 e. The zero-order valence-corrected chi connectivity index (χ0v) is 26.3. The molecule has 0 bridgehead atoms. The van der Waals surface area contributed by atoms with Crippen molar-refractivity contribution in [1.29, 1.82) is 0 Å². The predicted octanol–water partition coefficient (Wildman–Crippen LogP) is 9.51. The van der Waals surface area contributed by atoms with Crippen LogP contribution in [0.1, 0.15) is 33.4 Å². The first kappa shape index (κ1) is 32.0. The molecule has 0 heterocycles. The fourth-order valence-electron chi connectivity index (χ4n) is 4.56. The zero-order valence-electron chi connectivity index (χ0n) is 23.8. The van der Waals surface area contributed by atoms with Crippen molar-refractivity contribution in [2.45, 2.75) is 40.5 Å². The molecular weight excluding hydrogens is 594 g/mol. The third kappa shape index (κ3) is 8.97. The molecule has 0 atom stereocenters. The molecule has 0 fully saturated rings. The Morgan fingerprint density at radius 1 is 0.512 bits per heavy atom. The molecule has 0 aromatic heterocycles. The normalized spacial score (nSPS) is 10.4. The second-order valence-electron chi connectivity index (χ2n) is 10.3. The molecule has 6 aromatic carbocycles. The van der Waals surface area contributed by atoms with Crippen LogP contribution in [0.5, 0.6) is 11.5 Å². The van der Waals surface area contributed by atoms with E-state index in [2.05, 4.69) is 76.2 Å². The number of halogens is 2. The quantitative estimate of drug-likeness (QED) is 0.192.